The van der Waals surface area contributed by atoms with Gasteiger partial charge in [0.15, 0.2) is 0 Å². The van der Waals surface area contributed by atoms with E-state index in [1.165, 1.54) is 11.3 Å². The third-order valence-electron chi connectivity index (χ3n) is 5.38. The molecule has 3 rings (SSSR count). The molecule has 3 amide bonds. The van der Waals surface area contributed by atoms with E-state index in [9.17, 15) is 9.59 Å². The molecule has 1 N–H and O–H groups in total. The molecule has 0 radical (unpaired) electrons. The van der Waals surface area contributed by atoms with Gasteiger partial charge in [0.05, 0.1) is 0 Å². The van der Waals surface area contributed by atoms with Crippen molar-refractivity contribution in [1.29, 1.82) is 0 Å². The fourth-order valence-corrected chi connectivity index (χ4v) is 3.73. The van der Waals surface area contributed by atoms with E-state index in [4.69, 9.17) is 0 Å². The minimum absolute atomic E-state index is 0.0380. The molecule has 0 aromatic heterocycles. The van der Waals surface area contributed by atoms with Crippen LogP contribution in [0.2, 0.25) is 0 Å². The summed E-state index contributed by atoms with van der Waals surface area (Å²) in [5.74, 6) is 0.411. The van der Waals surface area contributed by atoms with E-state index < -0.39 is 0 Å². The number of benzene rings is 1. The maximum absolute atomic E-state index is 12.8. The average Bonchev–Trinajstić information content (AvgIpc) is 2.72. The number of anilines is 1. The van der Waals surface area contributed by atoms with Crippen molar-refractivity contribution >= 4 is 17.6 Å². The number of urea groups is 1. The number of likely N-dealkylation sites (N-methyl/N-ethyl adjacent to an activating group) is 1. The Kier molecular flexibility index (Phi) is 5.16. The van der Waals surface area contributed by atoms with Crippen LogP contribution in [0.25, 0.3) is 0 Å². The van der Waals surface area contributed by atoms with Crippen LogP contribution in [0.15, 0.2) is 24.3 Å². The van der Waals surface area contributed by atoms with Crippen LogP contribution in [0, 0.1) is 5.92 Å². The minimum atomic E-state index is -0.0380. The largest absolute Gasteiger partial charge is 0.372 e. The Morgan fingerprint density at radius 1 is 1.24 bits per heavy atom. The number of hydrogen-bond donors (Lipinski definition) is 1. The molecule has 6 heteroatoms. The Morgan fingerprint density at radius 2 is 2.00 bits per heavy atom. The van der Waals surface area contributed by atoms with E-state index in [1.54, 1.807) is 4.90 Å². The number of rotatable bonds is 2. The van der Waals surface area contributed by atoms with Crippen LogP contribution in [-0.4, -0.2) is 61.5 Å². The smallest absolute Gasteiger partial charge is 0.318 e. The molecule has 0 saturated carbocycles. The quantitative estimate of drug-likeness (QED) is 0.892. The second kappa shape index (κ2) is 7.33. The second-order valence-corrected chi connectivity index (χ2v) is 7.35. The highest BCUT2D eigenvalue weighted by atomic mass is 16.2. The third-order valence-corrected chi connectivity index (χ3v) is 5.38. The number of carbonyl (C=O) groups excluding carboxylic acids is 2. The number of amides is 3. The lowest BCUT2D eigenvalue weighted by molar-refractivity contribution is -0.133. The van der Waals surface area contributed by atoms with Gasteiger partial charge in [-0.15, -0.1) is 0 Å². The highest BCUT2D eigenvalue weighted by molar-refractivity contribution is 5.77. The van der Waals surface area contributed by atoms with E-state index in [2.05, 4.69) is 36.3 Å². The predicted molar refractivity (Wildman–Crippen MR) is 98.5 cm³/mol. The maximum atomic E-state index is 12.8. The Labute approximate surface area is 149 Å². The number of piperidine rings is 1. The monoisotopic (exact) mass is 344 g/mol. The Morgan fingerprint density at radius 3 is 2.76 bits per heavy atom. The highest BCUT2D eigenvalue weighted by Gasteiger charge is 2.28. The summed E-state index contributed by atoms with van der Waals surface area (Å²) in [6.07, 6.45) is 1.47. The molecule has 1 aromatic carbocycles. The van der Waals surface area contributed by atoms with Crippen LogP contribution in [0.4, 0.5) is 10.5 Å². The predicted octanol–water partition coefficient (Wildman–Crippen LogP) is 1.90. The van der Waals surface area contributed by atoms with E-state index in [1.807, 2.05) is 24.1 Å². The molecule has 1 aromatic rings. The lowest BCUT2D eigenvalue weighted by atomic mass is 9.96. The van der Waals surface area contributed by atoms with Crippen molar-refractivity contribution in [2.45, 2.75) is 32.4 Å². The average molecular weight is 344 g/mol. The summed E-state index contributed by atoms with van der Waals surface area (Å²) in [5, 5.41) is 3.06. The van der Waals surface area contributed by atoms with Gasteiger partial charge >= 0.3 is 6.03 Å². The van der Waals surface area contributed by atoms with Gasteiger partial charge in [0.25, 0.3) is 0 Å². The number of carbonyl (C=O) groups is 2. The van der Waals surface area contributed by atoms with Crippen molar-refractivity contribution in [2.75, 3.05) is 38.6 Å². The van der Waals surface area contributed by atoms with Gasteiger partial charge in [0.2, 0.25) is 5.91 Å². The fraction of sp³-hybridized carbons (Fsp3) is 0.579. The summed E-state index contributed by atoms with van der Waals surface area (Å²) in [4.78, 5) is 30.5. The summed E-state index contributed by atoms with van der Waals surface area (Å²) < 4.78 is 0. The summed E-state index contributed by atoms with van der Waals surface area (Å²) in [6, 6.07) is 8.32. The van der Waals surface area contributed by atoms with Crippen molar-refractivity contribution in [3.63, 3.8) is 0 Å². The van der Waals surface area contributed by atoms with Crippen molar-refractivity contribution in [1.82, 2.24) is 15.1 Å². The van der Waals surface area contributed by atoms with E-state index >= 15 is 0 Å². The molecule has 6 nitrogen and oxygen atoms in total. The first-order valence-electron chi connectivity index (χ1n) is 9.03. The Balaban J connectivity index is 1.62. The molecule has 0 bridgehead atoms. The topological polar surface area (TPSA) is 55.9 Å². The molecule has 1 fully saturated rings. The first-order valence-corrected chi connectivity index (χ1v) is 9.03. The molecule has 2 atom stereocenters. The summed E-state index contributed by atoms with van der Waals surface area (Å²) in [7, 11) is 3.91. The second-order valence-electron chi connectivity index (χ2n) is 7.35. The number of nitrogens with zero attached hydrogens (tertiary/aromatic N) is 3. The van der Waals surface area contributed by atoms with Gasteiger partial charge in [0.1, 0.15) is 0 Å². The third kappa shape index (κ3) is 3.89. The maximum Gasteiger partial charge on any atom is 0.318 e. The van der Waals surface area contributed by atoms with E-state index in [-0.39, 0.29) is 23.9 Å². The molecule has 2 heterocycles. The zero-order valence-electron chi connectivity index (χ0n) is 15.4. The first-order chi connectivity index (χ1) is 12.0. The van der Waals surface area contributed by atoms with Crippen molar-refractivity contribution in [3.05, 3.63) is 29.8 Å². The van der Waals surface area contributed by atoms with Crippen LogP contribution in [0.5, 0.6) is 0 Å². The van der Waals surface area contributed by atoms with Crippen LogP contribution >= 0.6 is 0 Å². The van der Waals surface area contributed by atoms with Gasteiger partial charge in [0, 0.05) is 58.4 Å². The zero-order valence-corrected chi connectivity index (χ0v) is 15.4. The number of para-hydroxylation sites is 1. The van der Waals surface area contributed by atoms with Gasteiger partial charge in [-0.25, -0.2) is 4.79 Å². The van der Waals surface area contributed by atoms with Crippen LogP contribution in [0.3, 0.4) is 0 Å². The lowest BCUT2D eigenvalue weighted by Crippen LogP contribution is -2.48. The number of fused-ring (bicyclic) bond motifs is 1. The number of likely N-dealkylation sites (tertiary alicyclic amines) is 1. The molecule has 0 aliphatic carbocycles. The summed E-state index contributed by atoms with van der Waals surface area (Å²) >= 11 is 0. The first kappa shape index (κ1) is 17.6. The molecule has 136 valence electrons. The van der Waals surface area contributed by atoms with Gasteiger partial charge in [-0.1, -0.05) is 18.2 Å². The Bertz CT molecular complexity index is 648. The molecule has 0 spiro atoms. The molecule has 1 saturated heterocycles. The molecule has 2 aliphatic heterocycles. The molecular formula is C19H28N4O2. The molecule has 2 aliphatic rings. The number of nitrogens with one attached hydrogen (secondary N) is 1. The zero-order chi connectivity index (χ0) is 18.0. The van der Waals surface area contributed by atoms with Crippen LogP contribution < -0.4 is 10.2 Å². The van der Waals surface area contributed by atoms with Crippen LogP contribution in [0.1, 0.15) is 25.3 Å². The van der Waals surface area contributed by atoms with E-state index in [0.717, 1.165) is 19.5 Å². The van der Waals surface area contributed by atoms with Gasteiger partial charge in [-0.05, 0) is 30.9 Å². The SMILES string of the molecule is C[C@H]1CN(C)c2ccccc2CN1C(=O)NCC1CCN(C)C(=O)C1. The molecule has 25 heavy (non-hydrogen) atoms. The van der Waals surface area contributed by atoms with Crippen molar-refractivity contribution in [2.24, 2.45) is 5.92 Å². The molecule has 1 unspecified atom stereocenters. The van der Waals surface area contributed by atoms with Crippen molar-refractivity contribution < 1.29 is 9.59 Å². The van der Waals surface area contributed by atoms with Gasteiger partial charge in [-0.3, -0.25) is 4.79 Å². The summed E-state index contributed by atoms with van der Waals surface area (Å²) in [5.41, 5.74) is 2.35. The standard InChI is InChI=1S/C19H28N4O2/c1-14-12-22(3)17-7-5-4-6-16(17)13-23(14)19(25)20-11-15-8-9-21(2)18(24)10-15/h4-7,14-15H,8-13H2,1-3H3,(H,20,25)/t14-,15?/m0/s1. The van der Waals surface area contributed by atoms with E-state index in [0.29, 0.717) is 19.5 Å². The van der Waals surface area contributed by atoms with Gasteiger partial charge in [-0.2, -0.15) is 0 Å². The highest BCUT2D eigenvalue weighted by Crippen LogP contribution is 2.26. The molecular weight excluding hydrogens is 316 g/mol. The summed E-state index contributed by atoms with van der Waals surface area (Å²) in [6.45, 7) is 4.84. The normalized spacial score (nSPS) is 24.0. The van der Waals surface area contributed by atoms with Crippen molar-refractivity contribution in [3.8, 4) is 0 Å². The fourth-order valence-electron chi connectivity index (χ4n) is 3.73. The lowest BCUT2D eigenvalue weighted by Gasteiger charge is -2.31. The van der Waals surface area contributed by atoms with Gasteiger partial charge < -0.3 is 20.0 Å². The number of hydrogen-bond acceptors (Lipinski definition) is 3. The van der Waals surface area contributed by atoms with Crippen LogP contribution in [-0.2, 0) is 11.3 Å². The Hall–Kier alpha value is -2.24. The minimum Gasteiger partial charge on any atom is -0.372 e.